The summed E-state index contributed by atoms with van der Waals surface area (Å²) in [5.74, 6) is 0.436. The van der Waals surface area contributed by atoms with Crippen LogP contribution in [0.3, 0.4) is 0 Å². The Balaban J connectivity index is 1.69. The SMILES string of the molecule is C=CCOC[C@H]1CN(Cc2nccs2)Cc2ccnn2C1. The van der Waals surface area contributed by atoms with Crippen LogP contribution in [0.5, 0.6) is 0 Å². The summed E-state index contributed by atoms with van der Waals surface area (Å²) >= 11 is 1.71. The first-order valence-electron chi connectivity index (χ1n) is 7.15. The van der Waals surface area contributed by atoms with Crippen LogP contribution in [-0.2, 0) is 24.4 Å². The van der Waals surface area contributed by atoms with E-state index in [9.17, 15) is 0 Å². The molecular weight excluding hydrogens is 284 g/mol. The number of thiazole rings is 1. The fourth-order valence-corrected chi connectivity index (χ4v) is 3.34. The number of hydrogen-bond acceptors (Lipinski definition) is 5. The minimum atomic E-state index is 0.436. The van der Waals surface area contributed by atoms with Crippen molar-refractivity contribution in [1.29, 1.82) is 0 Å². The maximum Gasteiger partial charge on any atom is 0.107 e. The highest BCUT2D eigenvalue weighted by Crippen LogP contribution is 2.19. The van der Waals surface area contributed by atoms with Crippen molar-refractivity contribution in [2.75, 3.05) is 19.8 Å². The third kappa shape index (κ3) is 3.78. The molecule has 21 heavy (non-hydrogen) atoms. The molecule has 0 saturated carbocycles. The summed E-state index contributed by atoms with van der Waals surface area (Å²) in [6.07, 6.45) is 5.54. The number of aromatic nitrogens is 3. The largest absolute Gasteiger partial charge is 0.377 e. The van der Waals surface area contributed by atoms with Gasteiger partial charge in [-0.3, -0.25) is 9.58 Å². The van der Waals surface area contributed by atoms with Crippen molar-refractivity contribution in [1.82, 2.24) is 19.7 Å². The maximum atomic E-state index is 5.65. The van der Waals surface area contributed by atoms with Crippen LogP contribution in [0.4, 0.5) is 0 Å². The van der Waals surface area contributed by atoms with E-state index >= 15 is 0 Å². The summed E-state index contributed by atoms with van der Waals surface area (Å²) in [6, 6.07) is 2.10. The van der Waals surface area contributed by atoms with Gasteiger partial charge in [0, 0.05) is 43.3 Å². The van der Waals surface area contributed by atoms with Gasteiger partial charge in [-0.1, -0.05) is 6.08 Å². The quantitative estimate of drug-likeness (QED) is 0.606. The van der Waals surface area contributed by atoms with E-state index in [4.69, 9.17) is 4.74 Å². The topological polar surface area (TPSA) is 43.2 Å². The summed E-state index contributed by atoms with van der Waals surface area (Å²) in [7, 11) is 0. The zero-order valence-electron chi connectivity index (χ0n) is 12.0. The fourth-order valence-electron chi connectivity index (χ4n) is 2.69. The van der Waals surface area contributed by atoms with Gasteiger partial charge in [-0.2, -0.15) is 5.10 Å². The van der Waals surface area contributed by atoms with E-state index in [1.54, 1.807) is 17.4 Å². The molecule has 0 aromatic carbocycles. The fraction of sp³-hybridized carbons (Fsp3) is 0.467. The monoisotopic (exact) mass is 304 g/mol. The Labute approximate surface area is 128 Å². The average molecular weight is 304 g/mol. The predicted octanol–water partition coefficient (Wildman–Crippen LogP) is 2.17. The van der Waals surface area contributed by atoms with Crippen LogP contribution in [0.15, 0.2) is 36.5 Å². The molecule has 3 heterocycles. The standard InChI is InChI=1S/C15H20N4OS/c1-2-6-20-12-13-8-18(11-15-16-5-7-21-15)10-14-3-4-17-19(14)9-13/h2-5,7,13H,1,6,8-12H2/t13-/m0/s1. The van der Waals surface area contributed by atoms with Crippen LogP contribution in [0.25, 0.3) is 0 Å². The van der Waals surface area contributed by atoms with Gasteiger partial charge in [0.25, 0.3) is 0 Å². The smallest absolute Gasteiger partial charge is 0.107 e. The second-order valence-corrected chi connectivity index (χ2v) is 6.27. The molecule has 0 saturated heterocycles. The van der Waals surface area contributed by atoms with E-state index in [0.717, 1.165) is 37.8 Å². The minimum absolute atomic E-state index is 0.436. The van der Waals surface area contributed by atoms with Crippen LogP contribution < -0.4 is 0 Å². The first-order valence-corrected chi connectivity index (χ1v) is 8.03. The Morgan fingerprint density at radius 2 is 2.38 bits per heavy atom. The second-order valence-electron chi connectivity index (χ2n) is 5.29. The Kier molecular flexibility index (Phi) is 4.80. The van der Waals surface area contributed by atoms with Crippen molar-refractivity contribution in [3.8, 4) is 0 Å². The van der Waals surface area contributed by atoms with Gasteiger partial charge >= 0.3 is 0 Å². The average Bonchev–Trinajstić information content (AvgIpc) is 3.09. The molecule has 0 spiro atoms. The molecule has 2 aromatic rings. The van der Waals surface area contributed by atoms with Gasteiger partial charge in [-0.15, -0.1) is 17.9 Å². The molecule has 6 heteroatoms. The summed E-state index contributed by atoms with van der Waals surface area (Å²) < 4.78 is 7.76. The van der Waals surface area contributed by atoms with Crippen molar-refractivity contribution < 1.29 is 4.74 Å². The van der Waals surface area contributed by atoms with E-state index in [-0.39, 0.29) is 0 Å². The van der Waals surface area contributed by atoms with E-state index in [1.807, 2.05) is 17.8 Å². The molecular formula is C15H20N4OS. The lowest BCUT2D eigenvalue weighted by Gasteiger charge is -2.22. The Hall–Kier alpha value is -1.50. The van der Waals surface area contributed by atoms with Crippen molar-refractivity contribution in [2.24, 2.45) is 5.92 Å². The van der Waals surface area contributed by atoms with Crippen molar-refractivity contribution >= 4 is 11.3 Å². The Morgan fingerprint density at radius 3 is 3.19 bits per heavy atom. The number of hydrogen-bond donors (Lipinski definition) is 0. The van der Waals surface area contributed by atoms with Gasteiger partial charge in [0.05, 0.1) is 25.5 Å². The van der Waals surface area contributed by atoms with Gasteiger partial charge in [-0.25, -0.2) is 4.98 Å². The van der Waals surface area contributed by atoms with Gasteiger partial charge in [0.1, 0.15) is 5.01 Å². The molecule has 1 aliphatic rings. The highest BCUT2D eigenvalue weighted by Gasteiger charge is 2.23. The molecule has 3 rings (SSSR count). The van der Waals surface area contributed by atoms with Crippen molar-refractivity contribution in [3.05, 3.63) is 47.2 Å². The molecule has 0 radical (unpaired) electrons. The zero-order chi connectivity index (χ0) is 14.5. The molecule has 1 aliphatic heterocycles. The van der Waals surface area contributed by atoms with Crippen LogP contribution in [0.1, 0.15) is 10.7 Å². The molecule has 0 amide bonds. The lowest BCUT2D eigenvalue weighted by molar-refractivity contribution is 0.0932. The number of nitrogens with zero attached hydrogens (tertiary/aromatic N) is 4. The van der Waals surface area contributed by atoms with E-state index < -0.39 is 0 Å². The van der Waals surface area contributed by atoms with Crippen LogP contribution >= 0.6 is 11.3 Å². The van der Waals surface area contributed by atoms with Gasteiger partial charge in [0.15, 0.2) is 0 Å². The van der Waals surface area contributed by atoms with Crippen molar-refractivity contribution in [2.45, 2.75) is 19.6 Å². The molecule has 0 aliphatic carbocycles. The minimum Gasteiger partial charge on any atom is -0.377 e. The molecule has 0 fully saturated rings. The van der Waals surface area contributed by atoms with Gasteiger partial charge in [-0.05, 0) is 6.07 Å². The third-order valence-corrected chi connectivity index (χ3v) is 4.33. The highest BCUT2D eigenvalue weighted by atomic mass is 32.1. The number of fused-ring (bicyclic) bond motifs is 1. The molecule has 0 bridgehead atoms. The zero-order valence-corrected chi connectivity index (χ0v) is 12.8. The second kappa shape index (κ2) is 6.98. The van der Waals surface area contributed by atoms with Gasteiger partial charge in [0.2, 0.25) is 0 Å². The maximum absolute atomic E-state index is 5.65. The molecule has 2 aromatic heterocycles. The molecule has 5 nitrogen and oxygen atoms in total. The molecule has 0 unspecified atom stereocenters. The first-order chi connectivity index (χ1) is 10.3. The molecule has 0 N–H and O–H groups in total. The first kappa shape index (κ1) is 14.4. The summed E-state index contributed by atoms with van der Waals surface area (Å²) in [6.45, 7) is 8.75. The van der Waals surface area contributed by atoms with Crippen molar-refractivity contribution in [3.63, 3.8) is 0 Å². The highest BCUT2D eigenvalue weighted by molar-refractivity contribution is 7.09. The van der Waals surface area contributed by atoms with E-state index in [0.29, 0.717) is 12.5 Å². The summed E-state index contributed by atoms with van der Waals surface area (Å²) in [4.78, 5) is 6.83. The Morgan fingerprint density at radius 1 is 1.43 bits per heavy atom. The molecule has 1 atom stereocenters. The normalized spacial score (nSPS) is 19.1. The number of ether oxygens (including phenoxy) is 1. The third-order valence-electron chi connectivity index (χ3n) is 3.57. The van der Waals surface area contributed by atoms with E-state index in [2.05, 4.69) is 32.3 Å². The van der Waals surface area contributed by atoms with Crippen LogP contribution in [0, 0.1) is 5.92 Å². The molecule has 112 valence electrons. The predicted molar refractivity (Wildman–Crippen MR) is 83.0 cm³/mol. The summed E-state index contributed by atoms with van der Waals surface area (Å²) in [5, 5.41) is 7.62. The lowest BCUT2D eigenvalue weighted by atomic mass is 10.1. The van der Waals surface area contributed by atoms with Gasteiger partial charge < -0.3 is 4.74 Å². The van der Waals surface area contributed by atoms with Crippen LogP contribution in [-0.4, -0.2) is 39.4 Å². The number of rotatable bonds is 6. The Bertz CT molecular complexity index is 566. The summed E-state index contributed by atoms with van der Waals surface area (Å²) in [5.41, 5.74) is 1.26. The lowest BCUT2D eigenvalue weighted by Crippen LogP contribution is -2.30. The van der Waals surface area contributed by atoms with E-state index in [1.165, 1.54) is 5.69 Å². The van der Waals surface area contributed by atoms with Crippen LogP contribution in [0.2, 0.25) is 0 Å².